The number of phenols is 1. The largest absolute Gasteiger partial charge is 0.507 e. The first-order chi connectivity index (χ1) is 12.5. The summed E-state index contributed by atoms with van der Waals surface area (Å²) in [7, 11) is 0. The number of nitrogens with one attached hydrogen (secondary N) is 1. The van der Waals surface area contributed by atoms with Gasteiger partial charge in [-0.1, -0.05) is 24.3 Å². The van der Waals surface area contributed by atoms with Crippen molar-refractivity contribution in [2.75, 3.05) is 16.0 Å². The van der Waals surface area contributed by atoms with Crippen LogP contribution in [0.5, 0.6) is 5.75 Å². The third kappa shape index (κ3) is 3.60. The number of benzene rings is 2. The summed E-state index contributed by atoms with van der Waals surface area (Å²) in [6, 6.07) is 12.7. The smallest absolute Gasteiger partial charge is 0.238 e. The van der Waals surface area contributed by atoms with E-state index in [0.29, 0.717) is 23.4 Å². The van der Waals surface area contributed by atoms with Crippen LogP contribution in [0.2, 0.25) is 0 Å². The highest BCUT2D eigenvalue weighted by Crippen LogP contribution is 2.45. The summed E-state index contributed by atoms with van der Waals surface area (Å²) in [5.74, 6) is 0.399. The van der Waals surface area contributed by atoms with E-state index in [0.717, 1.165) is 11.3 Å². The number of amides is 2. The van der Waals surface area contributed by atoms with Crippen LogP contribution >= 0.6 is 11.8 Å². The number of aromatic hydroxyl groups is 1. The lowest BCUT2D eigenvalue weighted by Gasteiger charge is -2.25. The molecule has 1 heterocycles. The molecule has 1 atom stereocenters. The highest BCUT2D eigenvalue weighted by Gasteiger charge is 2.35. The van der Waals surface area contributed by atoms with Gasteiger partial charge in [0.05, 0.1) is 5.75 Å². The number of phenolic OH excluding ortho intramolecular Hbond substituents is 1. The van der Waals surface area contributed by atoms with Gasteiger partial charge in [-0.2, -0.15) is 0 Å². The van der Waals surface area contributed by atoms with Crippen molar-refractivity contribution < 1.29 is 14.7 Å². The average molecular weight is 368 g/mol. The molecule has 5 nitrogen and oxygen atoms in total. The molecule has 2 aromatic rings. The van der Waals surface area contributed by atoms with Crippen molar-refractivity contribution in [2.24, 2.45) is 0 Å². The molecule has 0 aromatic heterocycles. The Morgan fingerprint density at radius 3 is 2.73 bits per heavy atom. The monoisotopic (exact) mass is 368 g/mol. The average Bonchev–Trinajstić information content (AvgIpc) is 2.99. The van der Waals surface area contributed by atoms with E-state index >= 15 is 0 Å². The molecule has 1 saturated heterocycles. The van der Waals surface area contributed by atoms with E-state index in [1.807, 2.05) is 18.2 Å². The summed E-state index contributed by atoms with van der Waals surface area (Å²) in [6.45, 7) is 5.16. The second-order valence-electron chi connectivity index (χ2n) is 6.00. The fourth-order valence-electron chi connectivity index (χ4n) is 2.97. The molecule has 0 bridgehead atoms. The van der Waals surface area contributed by atoms with Crippen LogP contribution in [-0.2, 0) is 16.0 Å². The highest BCUT2D eigenvalue weighted by molar-refractivity contribution is 8.00. The van der Waals surface area contributed by atoms with Gasteiger partial charge >= 0.3 is 0 Å². The van der Waals surface area contributed by atoms with Crippen molar-refractivity contribution in [1.29, 1.82) is 0 Å². The number of hydrogen-bond donors (Lipinski definition) is 2. The molecule has 1 aliphatic heterocycles. The number of hydrogen-bond acceptors (Lipinski definition) is 4. The first kappa shape index (κ1) is 18.1. The molecule has 0 saturated carbocycles. The second-order valence-corrected chi connectivity index (χ2v) is 7.07. The molecule has 2 N–H and O–H groups in total. The van der Waals surface area contributed by atoms with Crippen LogP contribution in [0.1, 0.15) is 23.4 Å². The summed E-state index contributed by atoms with van der Waals surface area (Å²) in [4.78, 5) is 25.3. The Balaban J connectivity index is 1.93. The van der Waals surface area contributed by atoms with Crippen molar-refractivity contribution in [3.05, 3.63) is 66.2 Å². The van der Waals surface area contributed by atoms with Crippen LogP contribution in [0.25, 0.3) is 0 Å². The van der Waals surface area contributed by atoms with Crippen LogP contribution in [0.15, 0.2) is 55.1 Å². The van der Waals surface area contributed by atoms with Crippen molar-refractivity contribution in [1.82, 2.24) is 0 Å². The first-order valence-corrected chi connectivity index (χ1v) is 9.29. The molecule has 0 aliphatic carbocycles. The fraction of sp³-hybridized carbons (Fsp3) is 0.200. The lowest BCUT2D eigenvalue weighted by Crippen LogP contribution is -2.27. The molecule has 26 heavy (non-hydrogen) atoms. The molecular weight excluding hydrogens is 348 g/mol. The van der Waals surface area contributed by atoms with Crippen LogP contribution in [0, 0.1) is 0 Å². The maximum absolute atomic E-state index is 12.5. The summed E-state index contributed by atoms with van der Waals surface area (Å²) < 4.78 is 0. The van der Waals surface area contributed by atoms with E-state index in [-0.39, 0.29) is 22.9 Å². The number of carbonyl (C=O) groups excluding carboxylic acids is 2. The minimum Gasteiger partial charge on any atom is -0.507 e. The number of rotatable bonds is 5. The maximum atomic E-state index is 12.5. The van der Waals surface area contributed by atoms with E-state index in [1.54, 1.807) is 35.2 Å². The van der Waals surface area contributed by atoms with Crippen LogP contribution in [0.4, 0.5) is 11.4 Å². The second kappa shape index (κ2) is 7.66. The van der Waals surface area contributed by atoms with Gasteiger partial charge < -0.3 is 10.4 Å². The zero-order valence-electron chi connectivity index (χ0n) is 14.4. The molecule has 1 unspecified atom stereocenters. The fourth-order valence-corrected chi connectivity index (χ4v) is 4.17. The Hall–Kier alpha value is -2.73. The molecular formula is C20H20N2O3S. The van der Waals surface area contributed by atoms with Gasteiger partial charge in [-0.15, -0.1) is 18.3 Å². The van der Waals surface area contributed by atoms with Crippen LogP contribution < -0.4 is 10.2 Å². The van der Waals surface area contributed by atoms with E-state index in [4.69, 9.17) is 0 Å². The summed E-state index contributed by atoms with van der Waals surface area (Å²) in [5, 5.41) is 13.0. The number of nitrogens with zero attached hydrogens (tertiary/aromatic N) is 1. The molecule has 0 radical (unpaired) electrons. The SMILES string of the molecule is C=CCc1cccc(C2SCC(=O)N2c2ccc(NC(C)=O)cc2)c1O. The van der Waals surface area contributed by atoms with Crippen molar-refractivity contribution in [3.63, 3.8) is 0 Å². The van der Waals surface area contributed by atoms with E-state index in [2.05, 4.69) is 11.9 Å². The number of anilines is 2. The molecule has 2 amide bonds. The minimum absolute atomic E-state index is 0.0131. The predicted octanol–water partition coefficient (Wildman–Crippen LogP) is 3.86. The van der Waals surface area contributed by atoms with Gasteiger partial charge in [-0.3, -0.25) is 14.5 Å². The van der Waals surface area contributed by atoms with Gasteiger partial charge in [-0.05, 0) is 36.2 Å². The van der Waals surface area contributed by atoms with E-state index < -0.39 is 0 Å². The molecule has 0 spiro atoms. The van der Waals surface area contributed by atoms with Gasteiger partial charge in [0.2, 0.25) is 11.8 Å². The zero-order valence-corrected chi connectivity index (χ0v) is 15.3. The van der Waals surface area contributed by atoms with Crippen molar-refractivity contribution in [3.8, 4) is 5.75 Å². The third-order valence-electron chi connectivity index (χ3n) is 4.11. The number of carbonyl (C=O) groups is 2. The topological polar surface area (TPSA) is 69.6 Å². The first-order valence-electron chi connectivity index (χ1n) is 8.24. The number of para-hydroxylation sites is 1. The highest BCUT2D eigenvalue weighted by atomic mass is 32.2. The minimum atomic E-state index is -0.293. The van der Waals surface area contributed by atoms with E-state index in [1.165, 1.54) is 18.7 Å². The van der Waals surface area contributed by atoms with Crippen LogP contribution in [-0.4, -0.2) is 22.7 Å². The molecule has 1 aliphatic rings. The molecule has 2 aromatic carbocycles. The van der Waals surface area contributed by atoms with Gasteiger partial charge in [0, 0.05) is 23.9 Å². The van der Waals surface area contributed by atoms with Gasteiger partial charge in [0.15, 0.2) is 0 Å². The Morgan fingerprint density at radius 1 is 1.35 bits per heavy atom. The zero-order chi connectivity index (χ0) is 18.7. The molecule has 3 rings (SSSR count). The normalized spacial score (nSPS) is 16.6. The third-order valence-corrected chi connectivity index (χ3v) is 5.31. The van der Waals surface area contributed by atoms with Gasteiger partial charge in [0.25, 0.3) is 0 Å². The summed E-state index contributed by atoms with van der Waals surface area (Å²) in [6.07, 6.45) is 2.31. The van der Waals surface area contributed by atoms with Crippen LogP contribution in [0.3, 0.4) is 0 Å². The lowest BCUT2D eigenvalue weighted by molar-refractivity contribution is -0.116. The Kier molecular flexibility index (Phi) is 5.32. The quantitative estimate of drug-likeness (QED) is 0.787. The number of allylic oxidation sites excluding steroid dienone is 1. The molecule has 134 valence electrons. The molecule has 6 heteroatoms. The summed E-state index contributed by atoms with van der Waals surface area (Å²) in [5.41, 5.74) is 2.91. The Labute approximate surface area is 156 Å². The number of thioether (sulfide) groups is 1. The molecule has 1 fully saturated rings. The summed E-state index contributed by atoms with van der Waals surface area (Å²) >= 11 is 1.48. The lowest BCUT2D eigenvalue weighted by atomic mass is 10.0. The van der Waals surface area contributed by atoms with Crippen molar-refractivity contribution >= 4 is 35.0 Å². The van der Waals surface area contributed by atoms with E-state index in [9.17, 15) is 14.7 Å². The Bertz CT molecular complexity index is 849. The van der Waals surface area contributed by atoms with Crippen molar-refractivity contribution in [2.45, 2.75) is 18.7 Å². The van der Waals surface area contributed by atoms with Gasteiger partial charge in [-0.25, -0.2) is 0 Å². The predicted molar refractivity (Wildman–Crippen MR) is 105 cm³/mol. The Morgan fingerprint density at radius 2 is 2.08 bits per heavy atom. The standard InChI is InChI=1S/C20H20N2O3S/c1-3-5-14-6-4-7-17(19(14)25)20-22(18(24)12-26-20)16-10-8-15(9-11-16)21-13(2)23/h3-4,6-11,20,25H,1,5,12H2,2H3,(H,21,23). The van der Waals surface area contributed by atoms with Gasteiger partial charge in [0.1, 0.15) is 11.1 Å². The maximum Gasteiger partial charge on any atom is 0.238 e.